The Hall–Kier alpha value is -2.66. The predicted octanol–water partition coefficient (Wildman–Crippen LogP) is 3.52. The van der Waals surface area contributed by atoms with E-state index in [0.717, 1.165) is 31.6 Å². The third-order valence-electron chi connectivity index (χ3n) is 5.33. The minimum atomic E-state index is 0.414. The average molecular weight is 348 g/mol. The van der Waals surface area contributed by atoms with E-state index in [1.807, 2.05) is 18.6 Å². The number of ether oxygens (including phenoxy) is 1. The Kier molecular flexibility index (Phi) is 4.71. The number of rotatable bonds is 4. The smallest absolute Gasteiger partial charge is 0.221 e. The molecule has 5 heteroatoms. The molecule has 0 N–H and O–H groups in total. The van der Waals surface area contributed by atoms with Crippen LogP contribution in [0.3, 0.4) is 0 Å². The van der Waals surface area contributed by atoms with Crippen molar-refractivity contribution in [2.45, 2.75) is 13.0 Å². The number of aromatic nitrogens is 2. The van der Waals surface area contributed by atoms with Crippen molar-refractivity contribution in [3.05, 3.63) is 60.6 Å². The number of piperazine rings is 1. The Balaban J connectivity index is 1.53. The molecule has 0 amide bonds. The van der Waals surface area contributed by atoms with E-state index in [0.29, 0.717) is 11.9 Å². The molecule has 26 heavy (non-hydrogen) atoms. The molecule has 1 aliphatic rings. The van der Waals surface area contributed by atoms with Gasteiger partial charge in [0.25, 0.3) is 0 Å². The summed E-state index contributed by atoms with van der Waals surface area (Å²) in [6.45, 7) is 6.39. The first-order chi connectivity index (χ1) is 12.8. The first kappa shape index (κ1) is 16.8. The van der Waals surface area contributed by atoms with E-state index in [2.05, 4.69) is 63.1 Å². The number of fused-ring (bicyclic) bond motifs is 1. The minimum absolute atomic E-state index is 0.414. The van der Waals surface area contributed by atoms with Gasteiger partial charge in [-0.25, -0.2) is 4.98 Å². The van der Waals surface area contributed by atoms with E-state index in [4.69, 9.17) is 4.74 Å². The minimum Gasteiger partial charge on any atom is -0.481 e. The van der Waals surface area contributed by atoms with Crippen LogP contribution in [0.1, 0.15) is 18.5 Å². The Labute approximate surface area is 154 Å². The molecule has 0 saturated carbocycles. The Morgan fingerprint density at radius 1 is 0.923 bits per heavy atom. The van der Waals surface area contributed by atoms with E-state index in [9.17, 15) is 0 Å². The second kappa shape index (κ2) is 7.30. The summed E-state index contributed by atoms with van der Waals surface area (Å²) in [5.74, 6) is 0.689. The average Bonchev–Trinajstić information content (AvgIpc) is 2.73. The summed E-state index contributed by atoms with van der Waals surface area (Å²) in [5, 5.41) is 2.27. The van der Waals surface area contributed by atoms with Gasteiger partial charge in [0.05, 0.1) is 7.11 Å². The van der Waals surface area contributed by atoms with E-state index in [1.54, 1.807) is 7.11 Å². The number of methoxy groups -OCH3 is 1. The van der Waals surface area contributed by atoms with Gasteiger partial charge in [-0.1, -0.05) is 6.07 Å². The molecule has 0 bridgehead atoms. The summed E-state index contributed by atoms with van der Waals surface area (Å²) in [6.07, 6.45) is 5.58. The lowest BCUT2D eigenvalue weighted by Crippen LogP contribution is -2.47. The van der Waals surface area contributed by atoms with Gasteiger partial charge in [0.1, 0.15) is 0 Å². The highest BCUT2D eigenvalue weighted by Gasteiger charge is 2.23. The first-order valence-electron chi connectivity index (χ1n) is 9.08. The van der Waals surface area contributed by atoms with Crippen LogP contribution in [0.5, 0.6) is 5.88 Å². The second-order valence-corrected chi connectivity index (χ2v) is 6.67. The van der Waals surface area contributed by atoms with Crippen LogP contribution in [0.4, 0.5) is 5.69 Å². The van der Waals surface area contributed by atoms with Crippen LogP contribution in [-0.2, 0) is 0 Å². The maximum absolute atomic E-state index is 5.42. The molecule has 4 rings (SSSR count). The summed E-state index contributed by atoms with van der Waals surface area (Å²) in [7, 11) is 1.67. The first-order valence-corrected chi connectivity index (χ1v) is 9.08. The predicted molar refractivity (Wildman–Crippen MR) is 105 cm³/mol. The Bertz CT molecular complexity index is 876. The zero-order valence-electron chi connectivity index (χ0n) is 15.3. The maximum atomic E-state index is 5.42. The molecule has 0 aliphatic carbocycles. The van der Waals surface area contributed by atoms with Crippen molar-refractivity contribution in [1.29, 1.82) is 0 Å². The third-order valence-corrected chi connectivity index (χ3v) is 5.33. The van der Waals surface area contributed by atoms with Gasteiger partial charge in [0, 0.05) is 67.3 Å². The number of pyridine rings is 2. The summed E-state index contributed by atoms with van der Waals surface area (Å²) < 4.78 is 5.42. The van der Waals surface area contributed by atoms with Crippen LogP contribution < -0.4 is 9.64 Å². The number of hydrogen-bond acceptors (Lipinski definition) is 5. The van der Waals surface area contributed by atoms with Crippen molar-refractivity contribution in [1.82, 2.24) is 14.9 Å². The fourth-order valence-corrected chi connectivity index (χ4v) is 3.81. The van der Waals surface area contributed by atoms with Gasteiger partial charge in [-0.15, -0.1) is 0 Å². The molecule has 1 aromatic carbocycles. The summed E-state index contributed by atoms with van der Waals surface area (Å²) in [4.78, 5) is 13.5. The zero-order valence-corrected chi connectivity index (χ0v) is 15.3. The summed E-state index contributed by atoms with van der Waals surface area (Å²) >= 11 is 0. The largest absolute Gasteiger partial charge is 0.481 e. The highest BCUT2D eigenvalue weighted by atomic mass is 16.5. The van der Waals surface area contributed by atoms with E-state index in [-0.39, 0.29) is 0 Å². The van der Waals surface area contributed by atoms with Crippen molar-refractivity contribution in [3.63, 3.8) is 0 Å². The molecule has 1 aliphatic heterocycles. The Morgan fingerprint density at radius 3 is 2.42 bits per heavy atom. The maximum Gasteiger partial charge on any atom is 0.221 e. The molecule has 0 radical (unpaired) electrons. The number of nitrogens with zero attached hydrogens (tertiary/aromatic N) is 4. The van der Waals surface area contributed by atoms with E-state index >= 15 is 0 Å². The SMILES string of the molecule is COc1nccc2c(N3CCN(C(C)c4ccncc4)CC3)cccc12. The van der Waals surface area contributed by atoms with Crippen molar-refractivity contribution < 1.29 is 4.74 Å². The van der Waals surface area contributed by atoms with Gasteiger partial charge in [-0.05, 0) is 42.8 Å². The quantitative estimate of drug-likeness (QED) is 0.722. The van der Waals surface area contributed by atoms with Crippen LogP contribution in [0.2, 0.25) is 0 Å². The van der Waals surface area contributed by atoms with Crippen LogP contribution in [0.25, 0.3) is 10.8 Å². The van der Waals surface area contributed by atoms with Gasteiger partial charge in [0.2, 0.25) is 5.88 Å². The zero-order chi connectivity index (χ0) is 17.9. The van der Waals surface area contributed by atoms with E-state index < -0.39 is 0 Å². The van der Waals surface area contributed by atoms with Gasteiger partial charge in [-0.2, -0.15) is 0 Å². The Morgan fingerprint density at radius 2 is 1.69 bits per heavy atom. The summed E-state index contributed by atoms with van der Waals surface area (Å²) in [6, 6.07) is 13.1. The number of anilines is 1. The summed E-state index contributed by atoms with van der Waals surface area (Å²) in [5.41, 5.74) is 2.59. The molecule has 3 heterocycles. The topological polar surface area (TPSA) is 41.5 Å². The molecular weight excluding hydrogens is 324 g/mol. The standard InChI is InChI=1S/C21H24N4O/c1-16(17-6-9-22-10-7-17)24-12-14-25(15-13-24)20-5-3-4-19-18(20)8-11-23-21(19)26-2/h3-11,16H,12-15H2,1-2H3. The fraction of sp³-hybridized carbons (Fsp3) is 0.333. The molecular formula is C21H24N4O. The molecule has 134 valence electrons. The monoisotopic (exact) mass is 348 g/mol. The van der Waals surface area contributed by atoms with Gasteiger partial charge >= 0.3 is 0 Å². The van der Waals surface area contributed by atoms with Gasteiger partial charge < -0.3 is 9.64 Å². The highest BCUT2D eigenvalue weighted by molar-refractivity contribution is 5.97. The van der Waals surface area contributed by atoms with Crippen molar-refractivity contribution in [2.75, 3.05) is 38.2 Å². The van der Waals surface area contributed by atoms with E-state index in [1.165, 1.54) is 16.6 Å². The van der Waals surface area contributed by atoms with Crippen LogP contribution in [0.15, 0.2) is 55.0 Å². The molecule has 5 nitrogen and oxygen atoms in total. The lowest BCUT2D eigenvalue weighted by atomic mass is 10.1. The fourth-order valence-electron chi connectivity index (χ4n) is 3.81. The number of benzene rings is 1. The molecule has 1 fully saturated rings. The second-order valence-electron chi connectivity index (χ2n) is 6.67. The highest BCUT2D eigenvalue weighted by Crippen LogP contribution is 2.32. The molecule has 1 unspecified atom stereocenters. The molecule has 1 saturated heterocycles. The third kappa shape index (κ3) is 3.10. The molecule has 1 atom stereocenters. The van der Waals surface area contributed by atoms with Crippen molar-refractivity contribution in [2.24, 2.45) is 0 Å². The van der Waals surface area contributed by atoms with Crippen molar-refractivity contribution >= 4 is 16.5 Å². The number of hydrogen-bond donors (Lipinski definition) is 0. The molecule has 0 spiro atoms. The van der Waals surface area contributed by atoms with Crippen LogP contribution in [-0.4, -0.2) is 48.2 Å². The van der Waals surface area contributed by atoms with Gasteiger partial charge in [0.15, 0.2) is 0 Å². The van der Waals surface area contributed by atoms with Gasteiger partial charge in [-0.3, -0.25) is 9.88 Å². The van der Waals surface area contributed by atoms with Crippen LogP contribution >= 0.6 is 0 Å². The lowest BCUT2D eigenvalue weighted by Gasteiger charge is -2.39. The van der Waals surface area contributed by atoms with Crippen LogP contribution in [0, 0.1) is 0 Å². The normalized spacial score (nSPS) is 16.6. The lowest BCUT2D eigenvalue weighted by molar-refractivity contribution is 0.198. The van der Waals surface area contributed by atoms with Crippen molar-refractivity contribution in [3.8, 4) is 5.88 Å². The molecule has 3 aromatic rings. The molecule has 2 aromatic heterocycles.